The van der Waals surface area contributed by atoms with Gasteiger partial charge in [0, 0.05) is 37.4 Å². The summed E-state index contributed by atoms with van der Waals surface area (Å²) in [6, 6.07) is 3.80. The predicted molar refractivity (Wildman–Crippen MR) is 166 cm³/mol. The van der Waals surface area contributed by atoms with E-state index in [9.17, 15) is 27.6 Å². The number of alkyl carbamates (subject to hydrolysis) is 1. The van der Waals surface area contributed by atoms with E-state index in [0.717, 1.165) is 30.7 Å². The summed E-state index contributed by atoms with van der Waals surface area (Å²) in [6.45, 7) is 9.68. The molecule has 2 aliphatic heterocycles. The Kier molecular flexibility index (Phi) is 9.78. The number of ether oxygens (including phenoxy) is 2. The predicted octanol–water partition coefficient (Wildman–Crippen LogP) is 1.52. The van der Waals surface area contributed by atoms with Crippen LogP contribution in [0.5, 0.6) is 0 Å². The normalized spacial score (nSPS) is 29.4. The fourth-order valence-corrected chi connectivity index (χ4v) is 7.53. The number of amides is 4. The first-order valence-corrected chi connectivity index (χ1v) is 17.6. The largest absolute Gasteiger partial charge is 0.450 e. The molecule has 3 fully saturated rings. The van der Waals surface area contributed by atoms with Crippen LogP contribution in [0.4, 0.5) is 4.79 Å². The number of fused-ring (bicyclic) bond motifs is 4. The van der Waals surface area contributed by atoms with Crippen molar-refractivity contribution in [3.63, 3.8) is 0 Å². The average molecular weight is 661 g/mol. The molecule has 1 saturated heterocycles. The second-order valence-electron chi connectivity index (χ2n) is 13.9. The van der Waals surface area contributed by atoms with Crippen LogP contribution >= 0.6 is 0 Å². The molecule has 4 bridgehead atoms. The van der Waals surface area contributed by atoms with Gasteiger partial charge in [-0.1, -0.05) is 26.8 Å². The van der Waals surface area contributed by atoms with E-state index in [-0.39, 0.29) is 32.6 Å². The average Bonchev–Trinajstić information content (AvgIpc) is 3.92. The molecule has 0 unspecified atom stereocenters. The summed E-state index contributed by atoms with van der Waals surface area (Å²) >= 11 is 0. The fraction of sp³-hybridized carbons (Fsp3) is 0.656. The molecular weight excluding hydrogens is 614 g/mol. The molecule has 0 radical (unpaired) electrons. The molecule has 252 valence electrons. The zero-order chi connectivity index (χ0) is 33.3. The fourth-order valence-electron chi connectivity index (χ4n) is 6.17. The van der Waals surface area contributed by atoms with E-state index >= 15 is 0 Å². The number of carbonyl (C=O) groups excluding carboxylic acids is 4. The maximum absolute atomic E-state index is 14.2. The van der Waals surface area contributed by atoms with Gasteiger partial charge in [-0.2, -0.15) is 0 Å². The number of sulfonamides is 1. The minimum absolute atomic E-state index is 0.0695. The third-order valence-electron chi connectivity index (χ3n) is 9.19. The lowest BCUT2D eigenvalue weighted by Crippen LogP contribution is -2.60. The van der Waals surface area contributed by atoms with Crippen molar-refractivity contribution in [2.24, 2.45) is 11.3 Å². The van der Waals surface area contributed by atoms with Gasteiger partial charge in [0.05, 0.1) is 18.0 Å². The number of rotatable bonds is 6. The summed E-state index contributed by atoms with van der Waals surface area (Å²) in [5, 5.41) is 4.89. The van der Waals surface area contributed by atoms with Crippen molar-refractivity contribution < 1.29 is 42.1 Å². The Morgan fingerprint density at radius 3 is 2.57 bits per heavy atom. The highest BCUT2D eigenvalue weighted by atomic mass is 32.2. The molecule has 2 saturated carbocycles. The molecule has 4 N–H and O–H groups in total. The van der Waals surface area contributed by atoms with Gasteiger partial charge in [-0.3, -0.25) is 19.1 Å². The molecule has 0 aromatic carbocycles. The Morgan fingerprint density at radius 2 is 1.89 bits per heavy atom. The van der Waals surface area contributed by atoms with Gasteiger partial charge < -0.3 is 25.0 Å². The van der Waals surface area contributed by atoms with E-state index in [1.807, 2.05) is 39.0 Å². The maximum atomic E-state index is 14.2. The molecule has 13 nitrogen and oxygen atoms in total. The van der Waals surface area contributed by atoms with E-state index in [1.165, 1.54) is 11.0 Å². The van der Waals surface area contributed by atoms with Gasteiger partial charge >= 0.3 is 6.09 Å². The number of pyridine rings is 1. The van der Waals surface area contributed by atoms with Crippen LogP contribution in [-0.4, -0.2) is 79.3 Å². The number of nitrogens with zero attached hydrogens (tertiary/aromatic N) is 1. The van der Waals surface area contributed by atoms with Crippen LogP contribution in [0.25, 0.3) is 0 Å². The van der Waals surface area contributed by atoms with Crippen LogP contribution in [0.2, 0.25) is 0 Å². The molecule has 2 aliphatic carbocycles. The first-order valence-electron chi connectivity index (χ1n) is 16.1. The monoisotopic (exact) mass is 660 g/mol. The zero-order valence-electron chi connectivity index (χ0n) is 26.8. The topological polar surface area (TPSA) is 174 Å². The highest BCUT2D eigenvalue weighted by Gasteiger charge is 2.62. The van der Waals surface area contributed by atoms with Crippen molar-refractivity contribution in [2.45, 2.75) is 108 Å². The quantitative estimate of drug-likeness (QED) is 0.385. The second kappa shape index (κ2) is 13.3. The van der Waals surface area contributed by atoms with Crippen molar-refractivity contribution in [1.82, 2.24) is 20.3 Å². The lowest BCUT2D eigenvalue weighted by atomic mass is 9.85. The van der Waals surface area contributed by atoms with Gasteiger partial charge in [-0.15, -0.1) is 6.58 Å². The van der Waals surface area contributed by atoms with Gasteiger partial charge in [0.1, 0.15) is 24.2 Å². The molecule has 1 aromatic rings. The number of aromatic amines is 1. The van der Waals surface area contributed by atoms with Crippen molar-refractivity contribution in [3.05, 3.63) is 42.2 Å². The molecule has 5 rings (SSSR count). The summed E-state index contributed by atoms with van der Waals surface area (Å²) in [5.74, 6) is -2.40. The van der Waals surface area contributed by atoms with Crippen LogP contribution in [-0.2, 0) is 46.9 Å². The summed E-state index contributed by atoms with van der Waals surface area (Å²) in [7, 11) is -3.85. The third kappa shape index (κ3) is 7.71. The van der Waals surface area contributed by atoms with Crippen LogP contribution in [0.15, 0.2) is 30.9 Å². The van der Waals surface area contributed by atoms with Gasteiger partial charge in [0.25, 0.3) is 5.91 Å². The standard InChI is InChI=1S/C32H45N5O8S/c1-5-20-17-32(20,29(40)36-46(42,43)24-13-14-24)35-27(38)25-16-23-18-37(25)28(39)26(31(2,3)4)34-30(41)44-15-8-6-7-10-21-11-9-12-22(33-21)19-45-23/h5,9,11-12,20,23-26H,1,6-8,10,13-19H2,2-4H3,(H,34,41)(H,35,38)(H,36,40)/p+1/t20-,23+,25-,26+,32+/m0/s1. The van der Waals surface area contributed by atoms with Crippen LogP contribution in [0.3, 0.4) is 0 Å². The number of carbonyl (C=O) groups is 4. The third-order valence-corrected chi connectivity index (χ3v) is 11.0. The summed E-state index contributed by atoms with van der Waals surface area (Å²) in [6.07, 6.45) is 4.79. The first-order chi connectivity index (χ1) is 21.7. The van der Waals surface area contributed by atoms with E-state index in [0.29, 0.717) is 19.3 Å². The Hall–Kier alpha value is -3.52. The van der Waals surface area contributed by atoms with Crippen molar-refractivity contribution >= 4 is 33.8 Å². The number of hydrogen-bond acceptors (Lipinski definition) is 8. The van der Waals surface area contributed by atoms with Crippen molar-refractivity contribution in [2.75, 3.05) is 13.2 Å². The Balaban J connectivity index is 1.40. The highest BCUT2D eigenvalue weighted by Crippen LogP contribution is 2.45. The van der Waals surface area contributed by atoms with Gasteiger partial charge in [-0.25, -0.2) is 18.2 Å². The van der Waals surface area contributed by atoms with E-state index < -0.39 is 74.1 Å². The van der Waals surface area contributed by atoms with Crippen LogP contribution < -0.4 is 20.3 Å². The van der Waals surface area contributed by atoms with Crippen LogP contribution in [0.1, 0.15) is 77.1 Å². The Labute approximate surface area is 270 Å². The molecule has 3 heterocycles. The Morgan fingerprint density at radius 1 is 1.15 bits per heavy atom. The SMILES string of the molecule is C=C[C@H]1C[C@]1(NC(=O)[C@@H]1C[C@@H]2CN1C(=O)[C@H](C(C)(C)C)NC(=O)OCCCCCc1cccc([nH+]1)CO2)C(=O)NS(=O)(=O)C1CC1. The maximum Gasteiger partial charge on any atom is 0.407 e. The van der Waals surface area contributed by atoms with E-state index in [2.05, 4.69) is 26.9 Å². The molecule has 4 aliphatic rings. The van der Waals surface area contributed by atoms with Gasteiger partial charge in [-0.05, 0) is 50.0 Å². The van der Waals surface area contributed by atoms with Crippen molar-refractivity contribution in [1.29, 1.82) is 0 Å². The molecule has 0 spiro atoms. The zero-order valence-corrected chi connectivity index (χ0v) is 27.6. The minimum atomic E-state index is -3.85. The highest BCUT2D eigenvalue weighted by molar-refractivity contribution is 7.91. The number of aryl methyl sites for hydroxylation is 1. The lowest BCUT2D eigenvalue weighted by molar-refractivity contribution is -0.408. The van der Waals surface area contributed by atoms with Crippen LogP contribution in [0, 0.1) is 11.3 Å². The van der Waals surface area contributed by atoms with E-state index in [1.54, 1.807) is 0 Å². The number of aromatic nitrogens is 1. The molecule has 14 heteroatoms. The minimum Gasteiger partial charge on any atom is -0.450 e. The van der Waals surface area contributed by atoms with E-state index in [4.69, 9.17) is 9.47 Å². The number of nitrogens with one attached hydrogen (secondary N) is 4. The second-order valence-corrected chi connectivity index (χ2v) is 15.9. The van der Waals surface area contributed by atoms with Gasteiger partial charge in [0.2, 0.25) is 27.5 Å². The summed E-state index contributed by atoms with van der Waals surface area (Å²) < 4.78 is 38.9. The number of H-pyrrole nitrogens is 1. The summed E-state index contributed by atoms with van der Waals surface area (Å²) in [5.41, 5.74) is -0.342. The lowest BCUT2D eigenvalue weighted by Gasteiger charge is -2.35. The molecule has 5 atom stereocenters. The number of hydrogen-bond donors (Lipinski definition) is 3. The summed E-state index contributed by atoms with van der Waals surface area (Å²) in [4.78, 5) is 59.1. The molecule has 46 heavy (non-hydrogen) atoms. The van der Waals surface area contributed by atoms with Crippen molar-refractivity contribution in [3.8, 4) is 0 Å². The smallest absolute Gasteiger partial charge is 0.407 e. The van der Waals surface area contributed by atoms with Gasteiger partial charge in [0.15, 0.2) is 5.69 Å². The first kappa shape index (κ1) is 33.8. The molecule has 1 aromatic heterocycles. The molecule has 4 amide bonds. The molecular formula is C32H46N5O8S+. The number of cyclic esters (lactones) is 1. The Bertz CT molecular complexity index is 1470.